The van der Waals surface area contributed by atoms with E-state index in [2.05, 4.69) is 20.5 Å². The molecular weight excluding hydrogens is 280 g/mol. The number of carbonyl (C=O) groups is 1. The maximum Gasteiger partial charge on any atom is 0.256 e. The molecule has 22 heavy (non-hydrogen) atoms. The zero-order chi connectivity index (χ0) is 15.5. The Morgan fingerprint density at radius 2 is 1.91 bits per heavy atom. The van der Waals surface area contributed by atoms with Gasteiger partial charge in [-0.2, -0.15) is 5.10 Å². The van der Waals surface area contributed by atoms with Crippen LogP contribution in [0.15, 0.2) is 48.7 Å². The van der Waals surface area contributed by atoms with Crippen LogP contribution in [0.4, 0.5) is 17.3 Å². The maximum absolute atomic E-state index is 11.4. The number of hydrogen-bond donors (Lipinski definition) is 4. The van der Waals surface area contributed by atoms with Crippen molar-refractivity contribution in [2.75, 3.05) is 11.1 Å². The summed E-state index contributed by atoms with van der Waals surface area (Å²) in [5.74, 6) is -0.199. The molecule has 7 heteroatoms. The minimum atomic E-state index is -0.640. The number of nitrogen functional groups attached to an aromatic ring is 1. The molecule has 7 nitrogen and oxygen atoms in total. The normalized spacial score (nSPS) is 10.4. The first-order chi connectivity index (χ1) is 10.6. The van der Waals surface area contributed by atoms with Crippen molar-refractivity contribution in [3.05, 3.63) is 54.2 Å². The summed E-state index contributed by atoms with van der Waals surface area (Å²) in [6.07, 6.45) is 1.74. The summed E-state index contributed by atoms with van der Waals surface area (Å²) in [4.78, 5) is 15.7. The van der Waals surface area contributed by atoms with Gasteiger partial charge in [0.15, 0.2) is 5.82 Å². The first-order valence-corrected chi connectivity index (χ1v) is 6.57. The zero-order valence-corrected chi connectivity index (χ0v) is 11.6. The second kappa shape index (κ2) is 5.57. The SMILES string of the molecule is NC(=O)c1c(Nc2ccc(-c3ccccn3)cc2)n[nH]c1N. The molecule has 110 valence electrons. The molecule has 3 aromatic rings. The van der Waals surface area contributed by atoms with Crippen LogP contribution in [0.2, 0.25) is 0 Å². The largest absolute Gasteiger partial charge is 0.383 e. The van der Waals surface area contributed by atoms with E-state index in [1.54, 1.807) is 6.20 Å². The number of pyridine rings is 1. The Bertz CT molecular complexity index is 795. The summed E-state index contributed by atoms with van der Waals surface area (Å²) in [5.41, 5.74) is 13.7. The molecule has 0 unspecified atom stereocenters. The fraction of sp³-hybridized carbons (Fsp3) is 0. The highest BCUT2D eigenvalue weighted by molar-refractivity contribution is 6.02. The van der Waals surface area contributed by atoms with Gasteiger partial charge in [0.2, 0.25) is 0 Å². The summed E-state index contributed by atoms with van der Waals surface area (Å²) < 4.78 is 0. The van der Waals surface area contributed by atoms with E-state index in [0.29, 0.717) is 5.82 Å². The van der Waals surface area contributed by atoms with E-state index >= 15 is 0 Å². The van der Waals surface area contributed by atoms with Crippen LogP contribution in [0, 0.1) is 0 Å². The number of amides is 1. The number of benzene rings is 1. The summed E-state index contributed by atoms with van der Waals surface area (Å²) in [6, 6.07) is 13.3. The Balaban J connectivity index is 1.84. The van der Waals surface area contributed by atoms with Crippen LogP contribution in [-0.2, 0) is 0 Å². The van der Waals surface area contributed by atoms with Crippen LogP contribution < -0.4 is 16.8 Å². The number of rotatable bonds is 4. The van der Waals surface area contributed by atoms with E-state index in [0.717, 1.165) is 16.9 Å². The smallest absolute Gasteiger partial charge is 0.256 e. The number of anilines is 3. The van der Waals surface area contributed by atoms with Crippen molar-refractivity contribution in [2.24, 2.45) is 5.73 Å². The second-order valence-electron chi connectivity index (χ2n) is 4.64. The Labute approximate surface area is 126 Å². The lowest BCUT2D eigenvalue weighted by Gasteiger charge is -2.06. The number of H-pyrrole nitrogens is 1. The summed E-state index contributed by atoms with van der Waals surface area (Å²) in [7, 11) is 0. The third-order valence-corrected chi connectivity index (χ3v) is 3.15. The number of nitrogens with one attached hydrogen (secondary N) is 2. The summed E-state index contributed by atoms with van der Waals surface area (Å²) in [6.45, 7) is 0. The molecule has 0 atom stereocenters. The van der Waals surface area contributed by atoms with Gasteiger partial charge in [0.05, 0.1) is 5.69 Å². The van der Waals surface area contributed by atoms with E-state index in [4.69, 9.17) is 11.5 Å². The lowest BCUT2D eigenvalue weighted by atomic mass is 10.1. The van der Waals surface area contributed by atoms with Crippen molar-refractivity contribution in [3.8, 4) is 11.3 Å². The topological polar surface area (TPSA) is 123 Å². The van der Waals surface area contributed by atoms with Gasteiger partial charge in [-0.1, -0.05) is 18.2 Å². The molecule has 1 aromatic carbocycles. The monoisotopic (exact) mass is 294 g/mol. The summed E-state index contributed by atoms with van der Waals surface area (Å²) >= 11 is 0. The van der Waals surface area contributed by atoms with Crippen molar-refractivity contribution in [1.82, 2.24) is 15.2 Å². The van der Waals surface area contributed by atoms with Crippen LogP contribution in [0.25, 0.3) is 11.3 Å². The lowest BCUT2D eigenvalue weighted by molar-refractivity contribution is 0.100. The zero-order valence-electron chi connectivity index (χ0n) is 11.6. The van der Waals surface area contributed by atoms with Gasteiger partial charge >= 0.3 is 0 Å². The van der Waals surface area contributed by atoms with E-state index in [1.807, 2.05) is 42.5 Å². The van der Waals surface area contributed by atoms with Crippen LogP contribution in [0.5, 0.6) is 0 Å². The van der Waals surface area contributed by atoms with E-state index in [1.165, 1.54) is 0 Å². The number of nitrogens with two attached hydrogens (primary N) is 2. The van der Waals surface area contributed by atoms with Gasteiger partial charge < -0.3 is 16.8 Å². The minimum Gasteiger partial charge on any atom is -0.383 e. The lowest BCUT2D eigenvalue weighted by Crippen LogP contribution is -2.14. The predicted molar refractivity (Wildman–Crippen MR) is 84.5 cm³/mol. The number of hydrogen-bond acceptors (Lipinski definition) is 5. The Hall–Kier alpha value is -3.35. The molecule has 0 aliphatic rings. The predicted octanol–water partition coefficient (Wildman–Crippen LogP) is 1.90. The molecule has 6 N–H and O–H groups in total. The molecule has 3 rings (SSSR count). The molecule has 0 bridgehead atoms. The minimum absolute atomic E-state index is 0.139. The molecule has 0 saturated heterocycles. The van der Waals surface area contributed by atoms with Crippen molar-refractivity contribution < 1.29 is 4.79 Å². The Kier molecular flexibility index (Phi) is 3.45. The van der Waals surface area contributed by atoms with E-state index in [-0.39, 0.29) is 11.4 Å². The van der Waals surface area contributed by atoms with Crippen molar-refractivity contribution >= 4 is 23.2 Å². The van der Waals surface area contributed by atoms with Gasteiger partial charge in [0, 0.05) is 17.4 Å². The Morgan fingerprint density at radius 3 is 2.55 bits per heavy atom. The number of primary amides is 1. The van der Waals surface area contributed by atoms with Gasteiger partial charge in [-0.3, -0.25) is 14.9 Å². The quantitative estimate of drug-likeness (QED) is 0.585. The molecule has 0 spiro atoms. The first-order valence-electron chi connectivity index (χ1n) is 6.57. The fourth-order valence-electron chi connectivity index (χ4n) is 2.09. The molecule has 1 amide bonds. The highest BCUT2D eigenvalue weighted by Gasteiger charge is 2.16. The molecule has 0 aliphatic carbocycles. The molecule has 0 radical (unpaired) electrons. The van der Waals surface area contributed by atoms with Crippen molar-refractivity contribution in [2.45, 2.75) is 0 Å². The third kappa shape index (κ3) is 2.59. The number of nitrogens with zero attached hydrogens (tertiary/aromatic N) is 2. The van der Waals surface area contributed by atoms with Gasteiger partial charge in [-0.15, -0.1) is 0 Å². The van der Waals surface area contributed by atoms with Gasteiger partial charge in [0.25, 0.3) is 5.91 Å². The number of aromatic nitrogens is 3. The first kappa shape index (κ1) is 13.6. The number of carbonyl (C=O) groups excluding carboxylic acids is 1. The summed E-state index contributed by atoms with van der Waals surface area (Å²) in [5, 5.41) is 9.48. The Morgan fingerprint density at radius 1 is 1.14 bits per heavy atom. The second-order valence-corrected chi connectivity index (χ2v) is 4.64. The van der Waals surface area contributed by atoms with Gasteiger partial charge in [0.1, 0.15) is 11.4 Å². The fourth-order valence-corrected chi connectivity index (χ4v) is 2.09. The third-order valence-electron chi connectivity index (χ3n) is 3.15. The van der Waals surface area contributed by atoms with Gasteiger partial charge in [-0.05, 0) is 24.3 Å². The standard InChI is InChI=1S/C15H14N6O/c16-13-12(14(17)22)15(21-20-13)19-10-6-4-9(5-7-10)11-3-1-2-8-18-11/h1-8H,(H2,17,22)(H4,16,19,20,21). The van der Waals surface area contributed by atoms with Crippen molar-refractivity contribution in [3.63, 3.8) is 0 Å². The molecule has 0 saturated carbocycles. The molecule has 2 heterocycles. The molecule has 0 fully saturated rings. The van der Waals surface area contributed by atoms with E-state index in [9.17, 15) is 4.79 Å². The molecule has 2 aromatic heterocycles. The highest BCUT2D eigenvalue weighted by Crippen LogP contribution is 2.24. The average molecular weight is 294 g/mol. The van der Waals surface area contributed by atoms with Crippen LogP contribution in [0.3, 0.4) is 0 Å². The van der Waals surface area contributed by atoms with Crippen LogP contribution >= 0.6 is 0 Å². The van der Waals surface area contributed by atoms with Gasteiger partial charge in [-0.25, -0.2) is 0 Å². The number of aromatic amines is 1. The highest BCUT2D eigenvalue weighted by atomic mass is 16.1. The van der Waals surface area contributed by atoms with Crippen LogP contribution in [-0.4, -0.2) is 21.1 Å². The van der Waals surface area contributed by atoms with Crippen LogP contribution in [0.1, 0.15) is 10.4 Å². The average Bonchev–Trinajstić information content (AvgIpc) is 2.90. The van der Waals surface area contributed by atoms with Crippen molar-refractivity contribution in [1.29, 1.82) is 0 Å². The maximum atomic E-state index is 11.4. The molecule has 0 aliphatic heterocycles. The van der Waals surface area contributed by atoms with E-state index < -0.39 is 5.91 Å². The molecular formula is C15H14N6O.